The molecule has 0 saturated heterocycles. The quantitative estimate of drug-likeness (QED) is 0.429. The molecular formula is C5H12ClNO2. The Labute approximate surface area is 60.3 Å². The molecule has 1 saturated carbocycles. The Morgan fingerprint density at radius 1 is 1.22 bits per heavy atom. The van der Waals surface area contributed by atoms with Crippen LogP contribution in [0.2, 0.25) is 0 Å². The van der Waals surface area contributed by atoms with E-state index in [0.717, 1.165) is 6.42 Å². The van der Waals surface area contributed by atoms with Gasteiger partial charge < -0.3 is 15.9 Å². The molecule has 0 aromatic carbocycles. The topological polar surface area (TPSA) is 66.5 Å². The van der Waals surface area contributed by atoms with E-state index in [0.29, 0.717) is 6.42 Å². The van der Waals surface area contributed by atoms with E-state index in [1.54, 1.807) is 0 Å². The lowest BCUT2D eigenvalue weighted by Gasteiger charge is -2.09. The number of nitrogens with two attached hydrogens (primary N) is 1. The second kappa shape index (κ2) is 3.37. The number of halogens is 1. The molecule has 0 aliphatic heterocycles. The summed E-state index contributed by atoms with van der Waals surface area (Å²) in [6, 6.07) is -0.204. The molecule has 3 atom stereocenters. The van der Waals surface area contributed by atoms with Gasteiger partial charge in [-0.15, -0.1) is 12.4 Å². The molecule has 0 unspecified atom stereocenters. The SMILES string of the molecule is Cl.N[C@@H]1CC[C@@H](O)[C@@H]1O. The minimum Gasteiger partial charge on any atom is -0.390 e. The molecule has 1 fully saturated rings. The molecule has 0 amide bonds. The first-order valence-corrected chi connectivity index (χ1v) is 2.83. The van der Waals surface area contributed by atoms with E-state index in [2.05, 4.69) is 0 Å². The Bertz CT molecular complexity index is 81.0. The van der Waals surface area contributed by atoms with Crippen molar-refractivity contribution in [2.75, 3.05) is 0 Å². The number of aliphatic hydroxyl groups is 2. The Kier molecular flexibility index (Phi) is 3.43. The zero-order valence-corrected chi connectivity index (χ0v) is 5.84. The molecule has 1 aliphatic carbocycles. The van der Waals surface area contributed by atoms with Crippen molar-refractivity contribution in [3.05, 3.63) is 0 Å². The molecule has 9 heavy (non-hydrogen) atoms. The Morgan fingerprint density at radius 3 is 1.89 bits per heavy atom. The standard InChI is InChI=1S/C5H11NO2.ClH/c6-3-1-2-4(7)5(3)8;/h3-5,7-8H,1-2,6H2;1H/t3-,4-,5-;/m1./s1. The van der Waals surface area contributed by atoms with Crippen LogP contribution in [-0.2, 0) is 0 Å². The van der Waals surface area contributed by atoms with Crippen molar-refractivity contribution >= 4 is 12.4 Å². The zero-order valence-electron chi connectivity index (χ0n) is 5.03. The van der Waals surface area contributed by atoms with Gasteiger partial charge in [0.25, 0.3) is 0 Å². The van der Waals surface area contributed by atoms with E-state index in [-0.39, 0.29) is 18.4 Å². The van der Waals surface area contributed by atoms with Crippen LogP contribution in [0.25, 0.3) is 0 Å². The van der Waals surface area contributed by atoms with E-state index in [4.69, 9.17) is 15.9 Å². The monoisotopic (exact) mass is 153 g/mol. The summed E-state index contributed by atoms with van der Waals surface area (Å²) < 4.78 is 0. The van der Waals surface area contributed by atoms with Gasteiger partial charge in [0.1, 0.15) is 0 Å². The minimum atomic E-state index is -0.685. The third-order valence-corrected chi connectivity index (χ3v) is 1.63. The van der Waals surface area contributed by atoms with Gasteiger partial charge in [-0.1, -0.05) is 0 Å². The summed E-state index contributed by atoms with van der Waals surface area (Å²) >= 11 is 0. The molecule has 1 aliphatic rings. The summed E-state index contributed by atoms with van der Waals surface area (Å²) in [5.41, 5.74) is 5.36. The largest absolute Gasteiger partial charge is 0.390 e. The zero-order chi connectivity index (χ0) is 6.15. The van der Waals surface area contributed by atoms with Crippen LogP contribution < -0.4 is 5.73 Å². The third-order valence-electron chi connectivity index (χ3n) is 1.63. The van der Waals surface area contributed by atoms with E-state index >= 15 is 0 Å². The molecule has 0 radical (unpaired) electrons. The van der Waals surface area contributed by atoms with Crippen LogP contribution in [0.3, 0.4) is 0 Å². The molecule has 4 N–H and O–H groups in total. The first kappa shape index (κ1) is 9.17. The maximum Gasteiger partial charge on any atom is 0.0949 e. The van der Waals surface area contributed by atoms with Gasteiger partial charge in [0.15, 0.2) is 0 Å². The molecule has 4 heteroatoms. The molecule has 1 rings (SSSR count). The molecule has 56 valence electrons. The number of hydrogen-bond acceptors (Lipinski definition) is 3. The van der Waals surface area contributed by atoms with E-state index < -0.39 is 12.2 Å². The molecule has 3 nitrogen and oxygen atoms in total. The molecule has 0 aromatic rings. The average Bonchev–Trinajstić information content (AvgIpc) is 1.98. The summed E-state index contributed by atoms with van der Waals surface area (Å²) in [4.78, 5) is 0. The van der Waals surface area contributed by atoms with Crippen molar-refractivity contribution in [3.8, 4) is 0 Å². The number of aliphatic hydroxyl groups excluding tert-OH is 2. The van der Waals surface area contributed by atoms with Crippen molar-refractivity contribution in [2.24, 2.45) is 5.73 Å². The normalized spacial score (nSPS) is 42.3. The summed E-state index contributed by atoms with van der Waals surface area (Å²) in [6.45, 7) is 0. The van der Waals surface area contributed by atoms with Gasteiger partial charge in [-0.25, -0.2) is 0 Å². The van der Waals surface area contributed by atoms with E-state index in [1.165, 1.54) is 0 Å². The van der Waals surface area contributed by atoms with Gasteiger partial charge >= 0.3 is 0 Å². The fourth-order valence-corrected chi connectivity index (χ4v) is 0.990. The van der Waals surface area contributed by atoms with Crippen LogP contribution >= 0.6 is 12.4 Å². The van der Waals surface area contributed by atoms with Crippen LogP contribution in [0.1, 0.15) is 12.8 Å². The summed E-state index contributed by atoms with van der Waals surface area (Å²) in [6.07, 6.45) is 0.116. The number of hydrogen-bond donors (Lipinski definition) is 3. The van der Waals surface area contributed by atoms with Crippen LogP contribution in [0.4, 0.5) is 0 Å². The van der Waals surface area contributed by atoms with Gasteiger partial charge in [-0.05, 0) is 12.8 Å². The van der Waals surface area contributed by atoms with Crippen molar-refractivity contribution in [3.63, 3.8) is 0 Å². The Morgan fingerprint density at radius 2 is 1.78 bits per heavy atom. The lowest BCUT2D eigenvalue weighted by Crippen LogP contribution is -2.34. The van der Waals surface area contributed by atoms with E-state index in [9.17, 15) is 0 Å². The lowest BCUT2D eigenvalue weighted by molar-refractivity contribution is 0.0364. The highest BCUT2D eigenvalue weighted by molar-refractivity contribution is 5.85. The summed E-state index contributed by atoms with van der Waals surface area (Å²) in [7, 11) is 0. The fourth-order valence-electron chi connectivity index (χ4n) is 0.990. The van der Waals surface area contributed by atoms with Gasteiger partial charge in [-0.3, -0.25) is 0 Å². The predicted molar refractivity (Wildman–Crippen MR) is 36.5 cm³/mol. The lowest BCUT2D eigenvalue weighted by atomic mass is 10.2. The van der Waals surface area contributed by atoms with Crippen molar-refractivity contribution < 1.29 is 10.2 Å². The van der Waals surface area contributed by atoms with Crippen molar-refractivity contribution in [1.29, 1.82) is 0 Å². The first-order valence-electron chi connectivity index (χ1n) is 2.83. The van der Waals surface area contributed by atoms with Crippen LogP contribution in [0.15, 0.2) is 0 Å². The van der Waals surface area contributed by atoms with Gasteiger partial charge in [0, 0.05) is 6.04 Å². The van der Waals surface area contributed by atoms with Gasteiger partial charge in [0.2, 0.25) is 0 Å². The minimum absolute atomic E-state index is 0. The Balaban J connectivity index is 0.000000640. The molecule has 0 heterocycles. The van der Waals surface area contributed by atoms with Gasteiger partial charge in [0.05, 0.1) is 12.2 Å². The maximum absolute atomic E-state index is 8.89. The Hall–Kier alpha value is 0.170. The van der Waals surface area contributed by atoms with Crippen LogP contribution in [0, 0.1) is 0 Å². The highest BCUT2D eigenvalue weighted by atomic mass is 35.5. The predicted octanol–water partition coefficient (Wildman–Crippen LogP) is -0.749. The second-order valence-corrected chi connectivity index (χ2v) is 2.30. The molecule has 0 bridgehead atoms. The summed E-state index contributed by atoms with van der Waals surface area (Å²) in [5.74, 6) is 0. The molecule has 0 aromatic heterocycles. The summed E-state index contributed by atoms with van der Waals surface area (Å²) in [5, 5.41) is 17.7. The maximum atomic E-state index is 8.89. The smallest absolute Gasteiger partial charge is 0.0949 e. The van der Waals surface area contributed by atoms with Crippen molar-refractivity contribution in [1.82, 2.24) is 0 Å². The molecular weight excluding hydrogens is 142 g/mol. The van der Waals surface area contributed by atoms with Crippen molar-refractivity contribution in [2.45, 2.75) is 31.1 Å². The van der Waals surface area contributed by atoms with Crippen LogP contribution in [-0.4, -0.2) is 28.5 Å². The highest BCUT2D eigenvalue weighted by Gasteiger charge is 2.29. The van der Waals surface area contributed by atoms with E-state index in [1.807, 2.05) is 0 Å². The first-order chi connectivity index (χ1) is 3.72. The third kappa shape index (κ3) is 1.79. The second-order valence-electron chi connectivity index (χ2n) is 2.30. The highest BCUT2D eigenvalue weighted by Crippen LogP contribution is 2.17. The van der Waals surface area contributed by atoms with Crippen LogP contribution in [0.5, 0.6) is 0 Å². The fraction of sp³-hybridized carbons (Fsp3) is 1.00. The average molecular weight is 154 g/mol. The van der Waals surface area contributed by atoms with Gasteiger partial charge in [-0.2, -0.15) is 0 Å². The number of rotatable bonds is 0. The molecule has 0 spiro atoms.